The maximum Gasteiger partial charge on any atom is 0.209 e. The lowest BCUT2D eigenvalue weighted by atomic mass is 10.2. The van der Waals surface area contributed by atoms with Gasteiger partial charge in [-0.15, -0.1) is 0 Å². The van der Waals surface area contributed by atoms with E-state index in [4.69, 9.17) is 11.6 Å². The zero-order chi connectivity index (χ0) is 18.1. The van der Waals surface area contributed by atoms with E-state index in [1.54, 1.807) is 42.6 Å². The van der Waals surface area contributed by atoms with Crippen LogP contribution in [0.15, 0.2) is 71.9 Å². The normalized spacial score (nSPS) is 10.8. The summed E-state index contributed by atoms with van der Waals surface area (Å²) in [6.07, 6.45) is 4.56. The molecule has 0 aliphatic rings. The van der Waals surface area contributed by atoms with Crippen LogP contribution in [0, 0.1) is 5.82 Å². The molecule has 4 aromatic rings. The molecular weight excluding hydrogens is 357 g/mol. The lowest BCUT2D eigenvalue weighted by Gasteiger charge is -2.10. The first-order valence-electron chi connectivity index (χ1n) is 7.65. The molecule has 8 heteroatoms. The van der Waals surface area contributed by atoms with Gasteiger partial charge in [-0.05, 0) is 24.3 Å². The molecule has 0 N–H and O–H groups in total. The third kappa shape index (κ3) is 2.89. The van der Waals surface area contributed by atoms with E-state index >= 15 is 0 Å². The second-order valence-corrected chi connectivity index (χ2v) is 5.78. The highest BCUT2D eigenvalue weighted by Gasteiger charge is 2.15. The fraction of sp³-hybridized carbons (Fsp3) is 0. The molecule has 0 bridgehead atoms. The maximum absolute atomic E-state index is 14.2. The van der Waals surface area contributed by atoms with Gasteiger partial charge in [0.25, 0.3) is 0 Å². The first-order chi connectivity index (χ1) is 12.6. The van der Waals surface area contributed by atoms with Gasteiger partial charge in [-0.2, -0.15) is 10.2 Å². The second-order valence-electron chi connectivity index (χ2n) is 5.39. The van der Waals surface area contributed by atoms with Crippen LogP contribution in [0.5, 0.6) is 0 Å². The molecule has 0 spiro atoms. The van der Waals surface area contributed by atoms with Crippen molar-refractivity contribution in [2.45, 2.75) is 0 Å². The van der Waals surface area contributed by atoms with Gasteiger partial charge in [-0.3, -0.25) is 4.79 Å². The quantitative estimate of drug-likeness (QED) is 0.521. The Bertz CT molecular complexity index is 1150. The Morgan fingerprint density at radius 1 is 1.04 bits per heavy atom. The molecule has 0 fully saturated rings. The molecule has 0 amide bonds. The molecule has 0 saturated heterocycles. The van der Waals surface area contributed by atoms with Gasteiger partial charge in [0.1, 0.15) is 16.7 Å². The monoisotopic (exact) mass is 367 g/mol. The van der Waals surface area contributed by atoms with Crippen LogP contribution in [-0.2, 0) is 0 Å². The summed E-state index contributed by atoms with van der Waals surface area (Å²) in [7, 11) is 0. The number of para-hydroxylation sites is 1. The van der Waals surface area contributed by atoms with E-state index < -0.39 is 5.82 Å². The standard InChI is InChI=1S/C18H11ClFN5O/c19-17-11-12(5-8-21-17)24-10-7-16(26)18(23-24)15-6-9-22-25(15)14-4-2-1-3-13(14)20/h1-11H. The molecule has 3 heterocycles. The Balaban J connectivity index is 1.88. The van der Waals surface area contributed by atoms with Crippen LogP contribution >= 0.6 is 11.6 Å². The minimum Gasteiger partial charge on any atom is -0.287 e. The molecule has 4 rings (SSSR count). The van der Waals surface area contributed by atoms with Gasteiger partial charge in [0.2, 0.25) is 5.43 Å². The van der Waals surface area contributed by atoms with Gasteiger partial charge in [-0.1, -0.05) is 23.7 Å². The van der Waals surface area contributed by atoms with Crippen LogP contribution < -0.4 is 5.43 Å². The third-order valence-corrected chi connectivity index (χ3v) is 3.96. The summed E-state index contributed by atoms with van der Waals surface area (Å²) in [5.41, 5.74) is 1.09. The molecule has 128 valence electrons. The smallest absolute Gasteiger partial charge is 0.209 e. The van der Waals surface area contributed by atoms with Crippen molar-refractivity contribution < 1.29 is 4.39 Å². The summed E-state index contributed by atoms with van der Waals surface area (Å²) < 4.78 is 17.0. The van der Waals surface area contributed by atoms with Crippen molar-refractivity contribution in [2.24, 2.45) is 0 Å². The zero-order valence-electron chi connectivity index (χ0n) is 13.3. The number of pyridine rings is 1. The summed E-state index contributed by atoms with van der Waals surface area (Å²) in [6, 6.07) is 12.5. The van der Waals surface area contributed by atoms with Gasteiger partial charge in [0.05, 0.1) is 17.6 Å². The molecule has 0 atom stereocenters. The zero-order valence-corrected chi connectivity index (χ0v) is 14.0. The van der Waals surface area contributed by atoms with Gasteiger partial charge in [0.15, 0.2) is 5.69 Å². The molecule has 3 aromatic heterocycles. The summed E-state index contributed by atoms with van der Waals surface area (Å²) in [4.78, 5) is 16.3. The number of aromatic nitrogens is 5. The summed E-state index contributed by atoms with van der Waals surface area (Å²) >= 11 is 5.92. The van der Waals surface area contributed by atoms with E-state index in [2.05, 4.69) is 15.2 Å². The van der Waals surface area contributed by atoms with Gasteiger partial charge in [-0.25, -0.2) is 18.7 Å². The lowest BCUT2D eigenvalue weighted by molar-refractivity contribution is 0.611. The Kier molecular flexibility index (Phi) is 4.06. The largest absolute Gasteiger partial charge is 0.287 e. The molecule has 26 heavy (non-hydrogen) atoms. The fourth-order valence-corrected chi connectivity index (χ4v) is 2.73. The van der Waals surface area contributed by atoms with E-state index in [1.165, 1.54) is 33.9 Å². The number of nitrogens with zero attached hydrogens (tertiary/aromatic N) is 5. The minimum atomic E-state index is -0.449. The predicted octanol–water partition coefficient (Wildman–Crippen LogP) is 3.27. The molecule has 0 aliphatic carbocycles. The van der Waals surface area contributed by atoms with Crippen molar-refractivity contribution in [1.82, 2.24) is 24.5 Å². The van der Waals surface area contributed by atoms with Crippen molar-refractivity contribution in [1.29, 1.82) is 0 Å². The van der Waals surface area contributed by atoms with Crippen molar-refractivity contribution in [2.75, 3.05) is 0 Å². The fourth-order valence-electron chi connectivity index (χ4n) is 2.56. The SMILES string of the molecule is O=c1ccn(-c2ccnc(Cl)c2)nc1-c1ccnn1-c1ccccc1F. The summed E-state index contributed by atoms with van der Waals surface area (Å²) in [6.45, 7) is 0. The van der Waals surface area contributed by atoms with E-state index in [1.807, 2.05) is 0 Å². The minimum absolute atomic E-state index is 0.140. The van der Waals surface area contributed by atoms with Crippen molar-refractivity contribution in [3.8, 4) is 22.8 Å². The lowest BCUT2D eigenvalue weighted by Crippen LogP contribution is -2.15. The topological polar surface area (TPSA) is 65.6 Å². The van der Waals surface area contributed by atoms with Gasteiger partial charge >= 0.3 is 0 Å². The average Bonchev–Trinajstić information content (AvgIpc) is 3.12. The number of rotatable bonds is 3. The molecule has 0 aliphatic heterocycles. The van der Waals surface area contributed by atoms with Crippen LogP contribution in [0.3, 0.4) is 0 Å². The summed E-state index contributed by atoms with van der Waals surface area (Å²) in [5, 5.41) is 8.82. The van der Waals surface area contributed by atoms with Crippen molar-refractivity contribution in [3.05, 3.63) is 88.3 Å². The highest BCUT2D eigenvalue weighted by Crippen LogP contribution is 2.20. The van der Waals surface area contributed by atoms with Crippen molar-refractivity contribution in [3.63, 3.8) is 0 Å². The van der Waals surface area contributed by atoms with Crippen LogP contribution in [0.2, 0.25) is 5.15 Å². The Labute approximate surface area is 152 Å². The van der Waals surface area contributed by atoms with E-state index in [0.29, 0.717) is 16.5 Å². The predicted molar refractivity (Wildman–Crippen MR) is 95.2 cm³/mol. The maximum atomic E-state index is 14.2. The van der Waals surface area contributed by atoms with E-state index in [9.17, 15) is 9.18 Å². The number of hydrogen-bond acceptors (Lipinski definition) is 4. The van der Waals surface area contributed by atoms with E-state index in [-0.39, 0.29) is 16.8 Å². The van der Waals surface area contributed by atoms with Crippen LogP contribution in [0.4, 0.5) is 4.39 Å². The number of benzene rings is 1. The summed E-state index contributed by atoms with van der Waals surface area (Å²) in [5.74, 6) is -0.449. The Hall–Kier alpha value is -3.32. The van der Waals surface area contributed by atoms with E-state index in [0.717, 1.165) is 0 Å². The second kappa shape index (κ2) is 6.53. The van der Waals surface area contributed by atoms with Crippen molar-refractivity contribution >= 4 is 11.6 Å². The molecule has 0 saturated carbocycles. The number of halogens is 2. The molecular formula is C18H11ClFN5O. The highest BCUT2D eigenvalue weighted by molar-refractivity contribution is 6.29. The Morgan fingerprint density at radius 2 is 1.88 bits per heavy atom. The first kappa shape index (κ1) is 16.2. The third-order valence-electron chi connectivity index (χ3n) is 3.75. The first-order valence-corrected chi connectivity index (χ1v) is 8.02. The van der Waals surface area contributed by atoms with Gasteiger partial charge in [0, 0.05) is 24.5 Å². The number of hydrogen-bond donors (Lipinski definition) is 0. The Morgan fingerprint density at radius 3 is 2.69 bits per heavy atom. The van der Waals surface area contributed by atoms with Crippen LogP contribution in [0.25, 0.3) is 22.8 Å². The average molecular weight is 368 g/mol. The molecule has 0 radical (unpaired) electrons. The molecule has 6 nitrogen and oxygen atoms in total. The highest BCUT2D eigenvalue weighted by atomic mass is 35.5. The van der Waals surface area contributed by atoms with Crippen LogP contribution in [0.1, 0.15) is 0 Å². The van der Waals surface area contributed by atoms with Crippen LogP contribution in [-0.4, -0.2) is 24.5 Å². The molecule has 1 aromatic carbocycles. The van der Waals surface area contributed by atoms with Gasteiger partial charge < -0.3 is 0 Å². The molecule has 0 unspecified atom stereocenters.